The molecule has 4 rings (SSSR count). The molecule has 1 aliphatic rings. The number of rotatable bonds is 4. The molecule has 0 saturated carbocycles. The lowest BCUT2D eigenvalue weighted by atomic mass is 10.1. The Kier molecular flexibility index (Phi) is 5.49. The van der Waals surface area contributed by atoms with Crippen LogP contribution < -0.4 is 10.6 Å². The fraction of sp³-hybridized carbons (Fsp3) is 0.333. The van der Waals surface area contributed by atoms with Crippen LogP contribution in [0, 0.1) is 0 Å². The van der Waals surface area contributed by atoms with Crippen molar-refractivity contribution in [2.75, 3.05) is 31.1 Å². The predicted molar refractivity (Wildman–Crippen MR) is 111 cm³/mol. The lowest BCUT2D eigenvalue weighted by Gasteiger charge is -2.36. The topological polar surface area (TPSA) is 97.4 Å². The van der Waals surface area contributed by atoms with E-state index >= 15 is 0 Å². The standard InChI is InChI=1S/C21H21F3N6O2/c1-13(30-12-14-3-2-4-16(19(25)31)18(14)27-30)20(32)29-9-7-28(8-10-29)17-6-5-15(11-26-17)21(22,23)24/h2-6,11-13H,7-10H2,1H3,(H2,25,31). The van der Waals surface area contributed by atoms with E-state index in [1.165, 1.54) is 10.7 Å². The van der Waals surface area contributed by atoms with Crippen LogP contribution in [0.15, 0.2) is 42.7 Å². The van der Waals surface area contributed by atoms with Gasteiger partial charge in [-0.25, -0.2) is 4.98 Å². The molecule has 3 aromatic rings. The molecule has 168 valence electrons. The minimum absolute atomic E-state index is 0.140. The van der Waals surface area contributed by atoms with Crippen molar-refractivity contribution in [1.29, 1.82) is 0 Å². The van der Waals surface area contributed by atoms with Crippen molar-refractivity contribution in [3.05, 3.63) is 53.9 Å². The highest BCUT2D eigenvalue weighted by atomic mass is 19.4. The number of anilines is 1. The number of aromatic nitrogens is 3. The Hall–Kier alpha value is -3.63. The molecule has 1 fully saturated rings. The van der Waals surface area contributed by atoms with Crippen molar-refractivity contribution in [2.45, 2.75) is 19.1 Å². The van der Waals surface area contributed by atoms with E-state index in [4.69, 9.17) is 5.73 Å². The second-order valence-corrected chi connectivity index (χ2v) is 7.61. The maximum absolute atomic E-state index is 13.0. The van der Waals surface area contributed by atoms with Crippen molar-refractivity contribution < 1.29 is 22.8 Å². The third-order valence-electron chi connectivity index (χ3n) is 5.56. The van der Waals surface area contributed by atoms with Crippen molar-refractivity contribution >= 4 is 28.5 Å². The first-order valence-electron chi connectivity index (χ1n) is 10.00. The molecule has 0 aliphatic carbocycles. The third-order valence-corrected chi connectivity index (χ3v) is 5.56. The normalized spacial score (nSPS) is 15.8. The first-order chi connectivity index (χ1) is 15.1. The van der Waals surface area contributed by atoms with Crippen LogP contribution in [0.25, 0.3) is 10.9 Å². The molecule has 2 amide bonds. The number of nitrogens with zero attached hydrogens (tertiary/aromatic N) is 5. The van der Waals surface area contributed by atoms with Crippen LogP contribution >= 0.6 is 0 Å². The maximum atomic E-state index is 13.0. The molecule has 1 atom stereocenters. The van der Waals surface area contributed by atoms with Crippen LogP contribution in [0.5, 0.6) is 0 Å². The Labute approximate surface area is 181 Å². The number of alkyl halides is 3. The zero-order chi connectivity index (χ0) is 23.0. The fourth-order valence-corrected chi connectivity index (χ4v) is 3.74. The van der Waals surface area contributed by atoms with Gasteiger partial charge in [-0.05, 0) is 25.1 Å². The fourth-order valence-electron chi connectivity index (χ4n) is 3.74. The summed E-state index contributed by atoms with van der Waals surface area (Å²) in [7, 11) is 0. The Bertz CT molecular complexity index is 1150. The van der Waals surface area contributed by atoms with Gasteiger partial charge in [0.15, 0.2) is 0 Å². The average molecular weight is 446 g/mol. The SMILES string of the molecule is CC(C(=O)N1CCN(c2ccc(C(F)(F)F)cn2)CC1)n1cc2cccc(C(N)=O)c2n1. The van der Waals surface area contributed by atoms with Crippen LogP contribution in [0.4, 0.5) is 19.0 Å². The number of benzene rings is 1. The van der Waals surface area contributed by atoms with E-state index in [1.807, 2.05) is 4.90 Å². The number of nitrogens with two attached hydrogens (primary N) is 1. The first kappa shape index (κ1) is 21.6. The molecule has 1 aliphatic heterocycles. The molecule has 0 spiro atoms. The molecule has 3 heterocycles. The molecular formula is C21H21F3N6O2. The number of carbonyl (C=O) groups is 2. The van der Waals surface area contributed by atoms with Crippen molar-refractivity contribution in [3.63, 3.8) is 0 Å². The summed E-state index contributed by atoms with van der Waals surface area (Å²) < 4.78 is 39.7. The highest BCUT2D eigenvalue weighted by Crippen LogP contribution is 2.29. The van der Waals surface area contributed by atoms with Gasteiger partial charge in [0, 0.05) is 44.0 Å². The van der Waals surface area contributed by atoms with Crippen LogP contribution in [0.2, 0.25) is 0 Å². The van der Waals surface area contributed by atoms with Crippen LogP contribution in [-0.2, 0) is 11.0 Å². The first-order valence-corrected chi connectivity index (χ1v) is 10.00. The monoisotopic (exact) mass is 446 g/mol. The number of pyridine rings is 1. The van der Waals surface area contributed by atoms with Gasteiger partial charge in [0.25, 0.3) is 5.91 Å². The number of halogens is 3. The van der Waals surface area contributed by atoms with Gasteiger partial charge in [-0.3, -0.25) is 14.3 Å². The molecule has 1 saturated heterocycles. The van der Waals surface area contributed by atoms with Crippen LogP contribution in [-0.4, -0.2) is 57.7 Å². The van der Waals surface area contributed by atoms with Gasteiger partial charge < -0.3 is 15.5 Å². The molecule has 2 aromatic heterocycles. The number of piperazine rings is 1. The number of hydrogen-bond donors (Lipinski definition) is 1. The summed E-state index contributed by atoms with van der Waals surface area (Å²) in [4.78, 5) is 32.1. The minimum Gasteiger partial charge on any atom is -0.366 e. The largest absolute Gasteiger partial charge is 0.417 e. The molecule has 0 radical (unpaired) electrons. The van der Waals surface area contributed by atoms with Crippen LogP contribution in [0.3, 0.4) is 0 Å². The van der Waals surface area contributed by atoms with E-state index < -0.39 is 23.7 Å². The van der Waals surface area contributed by atoms with E-state index in [2.05, 4.69) is 10.1 Å². The predicted octanol–water partition coefficient (Wildman–Crippen LogP) is 2.46. The second kappa shape index (κ2) is 8.13. The summed E-state index contributed by atoms with van der Waals surface area (Å²) in [5, 5.41) is 5.10. The number of hydrogen-bond acceptors (Lipinski definition) is 5. The smallest absolute Gasteiger partial charge is 0.366 e. The average Bonchev–Trinajstić information content (AvgIpc) is 3.22. The molecular weight excluding hydrogens is 425 g/mol. The van der Waals surface area contributed by atoms with Gasteiger partial charge in [0.05, 0.1) is 11.1 Å². The van der Waals surface area contributed by atoms with Gasteiger partial charge in [-0.1, -0.05) is 12.1 Å². The summed E-state index contributed by atoms with van der Waals surface area (Å²) in [6.07, 6.45) is -1.91. The van der Waals surface area contributed by atoms with Crippen molar-refractivity contribution in [2.24, 2.45) is 5.73 Å². The molecule has 1 unspecified atom stereocenters. The molecule has 1 aromatic carbocycles. The van der Waals surface area contributed by atoms with E-state index in [0.29, 0.717) is 48.5 Å². The van der Waals surface area contributed by atoms with Gasteiger partial charge in [-0.15, -0.1) is 0 Å². The quantitative estimate of drug-likeness (QED) is 0.664. The number of carbonyl (C=O) groups excluding carboxylic acids is 2. The zero-order valence-electron chi connectivity index (χ0n) is 17.2. The summed E-state index contributed by atoms with van der Waals surface area (Å²) in [6.45, 7) is 3.42. The third kappa shape index (κ3) is 4.10. The molecule has 0 bridgehead atoms. The van der Waals surface area contributed by atoms with Crippen LogP contribution in [0.1, 0.15) is 28.9 Å². The summed E-state index contributed by atoms with van der Waals surface area (Å²) in [5.41, 5.74) is 5.34. The molecule has 2 N–H and O–H groups in total. The highest BCUT2D eigenvalue weighted by Gasteiger charge is 2.31. The number of fused-ring (bicyclic) bond motifs is 1. The second-order valence-electron chi connectivity index (χ2n) is 7.61. The number of amides is 2. The van der Waals surface area contributed by atoms with Crippen molar-refractivity contribution in [1.82, 2.24) is 19.7 Å². The Morgan fingerprint density at radius 1 is 1.09 bits per heavy atom. The van der Waals surface area contributed by atoms with E-state index in [0.717, 1.165) is 12.3 Å². The molecule has 32 heavy (non-hydrogen) atoms. The minimum atomic E-state index is -4.43. The Balaban J connectivity index is 1.42. The van der Waals surface area contributed by atoms with Gasteiger partial charge >= 0.3 is 6.18 Å². The van der Waals surface area contributed by atoms with Gasteiger partial charge in [0.2, 0.25) is 5.91 Å². The molecule has 11 heteroatoms. The summed E-state index contributed by atoms with van der Waals surface area (Å²) in [5.74, 6) is -0.290. The van der Waals surface area contributed by atoms with Crippen molar-refractivity contribution in [3.8, 4) is 0 Å². The van der Waals surface area contributed by atoms with Gasteiger partial charge in [-0.2, -0.15) is 18.3 Å². The highest BCUT2D eigenvalue weighted by molar-refractivity contribution is 6.04. The lowest BCUT2D eigenvalue weighted by molar-refractivity contribution is -0.138. The zero-order valence-corrected chi connectivity index (χ0v) is 17.2. The summed E-state index contributed by atoms with van der Waals surface area (Å²) >= 11 is 0. The maximum Gasteiger partial charge on any atom is 0.417 e. The molecule has 8 nitrogen and oxygen atoms in total. The lowest BCUT2D eigenvalue weighted by Crippen LogP contribution is -2.50. The summed E-state index contributed by atoms with van der Waals surface area (Å²) in [6, 6.07) is 6.83. The van der Waals surface area contributed by atoms with E-state index in [9.17, 15) is 22.8 Å². The number of primary amides is 1. The van der Waals surface area contributed by atoms with E-state index in [1.54, 1.807) is 36.2 Å². The Morgan fingerprint density at radius 2 is 1.81 bits per heavy atom. The van der Waals surface area contributed by atoms with Gasteiger partial charge in [0.1, 0.15) is 17.4 Å². The Morgan fingerprint density at radius 3 is 2.41 bits per heavy atom. The van der Waals surface area contributed by atoms with E-state index in [-0.39, 0.29) is 5.91 Å².